The second-order valence-electron chi connectivity index (χ2n) is 7.88. The van der Waals surface area contributed by atoms with E-state index in [1.807, 2.05) is 0 Å². The van der Waals surface area contributed by atoms with Crippen molar-refractivity contribution in [2.24, 2.45) is 5.92 Å². The molecular formula is C24H28F2N2O5. The number of carbonyl (C=O) groups excluding carboxylic acids is 2. The zero-order valence-electron chi connectivity index (χ0n) is 18.9. The van der Waals surface area contributed by atoms with Gasteiger partial charge in [0.05, 0.1) is 14.2 Å². The molecule has 33 heavy (non-hydrogen) atoms. The van der Waals surface area contributed by atoms with Crippen LogP contribution in [0.3, 0.4) is 0 Å². The van der Waals surface area contributed by atoms with E-state index in [1.54, 1.807) is 47.2 Å². The number of hydrogen-bond acceptors (Lipinski definition) is 5. The molecule has 0 saturated carbocycles. The van der Waals surface area contributed by atoms with Crippen molar-refractivity contribution in [1.29, 1.82) is 0 Å². The van der Waals surface area contributed by atoms with Crippen LogP contribution in [-0.4, -0.2) is 62.6 Å². The first-order valence-corrected chi connectivity index (χ1v) is 10.6. The highest BCUT2D eigenvalue weighted by molar-refractivity contribution is 5.95. The first kappa shape index (κ1) is 24.3. The Labute approximate surface area is 191 Å². The molecule has 0 aliphatic carbocycles. The van der Waals surface area contributed by atoms with Crippen LogP contribution in [0.2, 0.25) is 0 Å². The van der Waals surface area contributed by atoms with Gasteiger partial charge in [-0.1, -0.05) is 12.1 Å². The highest BCUT2D eigenvalue weighted by atomic mass is 19.3. The van der Waals surface area contributed by atoms with Crippen LogP contribution in [0.5, 0.6) is 17.2 Å². The normalized spacial score (nSPS) is 14.2. The van der Waals surface area contributed by atoms with Crippen LogP contribution in [0.4, 0.5) is 8.78 Å². The lowest BCUT2D eigenvalue weighted by Gasteiger charge is -2.33. The van der Waals surface area contributed by atoms with Gasteiger partial charge >= 0.3 is 6.61 Å². The van der Waals surface area contributed by atoms with Crippen molar-refractivity contribution in [2.75, 3.05) is 34.4 Å². The van der Waals surface area contributed by atoms with Crippen LogP contribution in [0, 0.1) is 5.92 Å². The zero-order valence-corrected chi connectivity index (χ0v) is 18.9. The molecule has 0 N–H and O–H groups in total. The fraction of sp³-hybridized carbons (Fsp3) is 0.417. The Balaban J connectivity index is 1.54. The van der Waals surface area contributed by atoms with Crippen molar-refractivity contribution in [3.05, 3.63) is 53.6 Å². The second kappa shape index (κ2) is 11.0. The lowest BCUT2D eigenvalue weighted by molar-refractivity contribution is -0.136. The smallest absolute Gasteiger partial charge is 0.387 e. The summed E-state index contributed by atoms with van der Waals surface area (Å²) in [5.41, 5.74) is 1.29. The molecule has 2 amide bonds. The third kappa shape index (κ3) is 6.34. The van der Waals surface area contributed by atoms with Crippen molar-refractivity contribution in [3.63, 3.8) is 0 Å². The zero-order chi connectivity index (χ0) is 24.0. The van der Waals surface area contributed by atoms with Crippen LogP contribution in [0.1, 0.15) is 28.8 Å². The largest absolute Gasteiger partial charge is 0.497 e. The van der Waals surface area contributed by atoms with E-state index in [4.69, 9.17) is 9.47 Å². The van der Waals surface area contributed by atoms with Gasteiger partial charge in [0, 0.05) is 44.2 Å². The molecule has 0 radical (unpaired) electrons. The minimum Gasteiger partial charge on any atom is -0.497 e. The van der Waals surface area contributed by atoms with E-state index < -0.39 is 6.61 Å². The molecule has 1 heterocycles. The molecule has 1 saturated heterocycles. The lowest BCUT2D eigenvalue weighted by atomic mass is 9.94. The predicted octanol–water partition coefficient (Wildman–Crippen LogP) is 3.82. The first-order valence-electron chi connectivity index (χ1n) is 10.6. The monoisotopic (exact) mass is 462 g/mol. The number of alkyl halides is 2. The molecule has 9 heteroatoms. The fourth-order valence-corrected chi connectivity index (χ4v) is 3.88. The maximum Gasteiger partial charge on any atom is 0.387 e. The highest BCUT2D eigenvalue weighted by Gasteiger charge is 2.30. The van der Waals surface area contributed by atoms with E-state index in [9.17, 15) is 18.4 Å². The summed E-state index contributed by atoms with van der Waals surface area (Å²) >= 11 is 0. The molecule has 1 aliphatic rings. The van der Waals surface area contributed by atoms with Gasteiger partial charge in [-0.2, -0.15) is 8.78 Å². The van der Waals surface area contributed by atoms with E-state index in [0.29, 0.717) is 49.5 Å². The van der Waals surface area contributed by atoms with E-state index in [1.165, 1.54) is 26.4 Å². The highest BCUT2D eigenvalue weighted by Crippen LogP contribution is 2.26. The van der Waals surface area contributed by atoms with Crippen LogP contribution in [-0.2, 0) is 11.3 Å². The molecule has 1 aliphatic heterocycles. The third-order valence-electron chi connectivity index (χ3n) is 5.67. The Bertz CT molecular complexity index is 938. The molecule has 1 fully saturated rings. The van der Waals surface area contributed by atoms with Crippen molar-refractivity contribution < 1.29 is 32.6 Å². The van der Waals surface area contributed by atoms with E-state index in [0.717, 1.165) is 5.56 Å². The predicted molar refractivity (Wildman–Crippen MR) is 118 cm³/mol. The SMILES string of the molecule is COc1cc(OC)cc(C(=O)N2CCC(C(=O)N(C)Cc3ccc(OC(F)F)cc3)CC2)c1. The Hall–Kier alpha value is -3.36. The number of amides is 2. The number of carbonyl (C=O) groups is 2. The summed E-state index contributed by atoms with van der Waals surface area (Å²) in [5.74, 6) is 0.848. The Kier molecular flexibility index (Phi) is 8.08. The minimum atomic E-state index is -2.87. The molecule has 0 aromatic heterocycles. The Morgan fingerprint density at radius 2 is 1.58 bits per heavy atom. The maximum atomic E-state index is 12.9. The fourth-order valence-electron chi connectivity index (χ4n) is 3.88. The van der Waals surface area contributed by atoms with Gasteiger partial charge in [-0.15, -0.1) is 0 Å². The number of benzene rings is 2. The van der Waals surface area contributed by atoms with Crippen molar-refractivity contribution >= 4 is 11.8 Å². The van der Waals surface area contributed by atoms with E-state index in [2.05, 4.69) is 4.74 Å². The van der Waals surface area contributed by atoms with Crippen LogP contribution >= 0.6 is 0 Å². The molecule has 178 valence electrons. The molecule has 2 aromatic carbocycles. The van der Waals surface area contributed by atoms with E-state index in [-0.39, 0.29) is 23.5 Å². The van der Waals surface area contributed by atoms with Crippen molar-refractivity contribution in [2.45, 2.75) is 26.0 Å². The number of rotatable bonds is 8. The summed E-state index contributed by atoms with van der Waals surface area (Å²) in [6.07, 6.45) is 1.13. The Morgan fingerprint density at radius 3 is 2.09 bits per heavy atom. The summed E-state index contributed by atoms with van der Waals surface area (Å²) < 4.78 is 39.4. The summed E-state index contributed by atoms with van der Waals surface area (Å²) in [7, 11) is 4.77. The van der Waals surface area contributed by atoms with Gasteiger partial charge in [-0.25, -0.2) is 0 Å². The van der Waals surface area contributed by atoms with Gasteiger partial charge < -0.3 is 24.0 Å². The van der Waals surface area contributed by atoms with Gasteiger partial charge in [-0.3, -0.25) is 9.59 Å². The summed E-state index contributed by atoms with van der Waals surface area (Å²) in [6.45, 7) is -1.56. The van der Waals surface area contributed by atoms with Crippen LogP contribution < -0.4 is 14.2 Å². The molecule has 0 atom stereocenters. The summed E-state index contributed by atoms with van der Waals surface area (Å²) in [4.78, 5) is 29.2. The Morgan fingerprint density at radius 1 is 1.00 bits per heavy atom. The van der Waals surface area contributed by atoms with Crippen LogP contribution in [0.15, 0.2) is 42.5 Å². The number of piperidine rings is 1. The topological polar surface area (TPSA) is 68.3 Å². The van der Waals surface area contributed by atoms with Gasteiger partial charge in [0.25, 0.3) is 5.91 Å². The average Bonchev–Trinajstić information content (AvgIpc) is 2.83. The van der Waals surface area contributed by atoms with Crippen LogP contribution in [0.25, 0.3) is 0 Å². The number of methoxy groups -OCH3 is 2. The van der Waals surface area contributed by atoms with Gasteiger partial charge in [0.2, 0.25) is 5.91 Å². The first-order chi connectivity index (χ1) is 15.8. The van der Waals surface area contributed by atoms with Crippen molar-refractivity contribution in [1.82, 2.24) is 9.80 Å². The van der Waals surface area contributed by atoms with E-state index >= 15 is 0 Å². The molecule has 0 spiro atoms. The molecule has 3 rings (SSSR count). The summed E-state index contributed by atoms with van der Waals surface area (Å²) in [5, 5.41) is 0. The number of nitrogens with zero attached hydrogens (tertiary/aromatic N) is 2. The lowest BCUT2D eigenvalue weighted by Crippen LogP contribution is -2.43. The number of ether oxygens (including phenoxy) is 3. The summed E-state index contributed by atoms with van der Waals surface area (Å²) in [6, 6.07) is 11.3. The number of likely N-dealkylation sites (tertiary alicyclic amines) is 1. The molecule has 2 aromatic rings. The second-order valence-corrected chi connectivity index (χ2v) is 7.88. The van der Waals surface area contributed by atoms with Gasteiger partial charge in [0.15, 0.2) is 0 Å². The number of hydrogen-bond donors (Lipinski definition) is 0. The van der Waals surface area contributed by atoms with Gasteiger partial charge in [-0.05, 0) is 42.7 Å². The quantitative estimate of drug-likeness (QED) is 0.597. The van der Waals surface area contributed by atoms with Gasteiger partial charge in [0.1, 0.15) is 17.2 Å². The molecule has 7 nitrogen and oxygen atoms in total. The molecular weight excluding hydrogens is 434 g/mol. The minimum absolute atomic E-state index is 0.00180. The average molecular weight is 462 g/mol. The standard InChI is InChI=1S/C24H28F2N2O5/c1-27(15-16-4-6-19(7-5-16)33-24(25)26)22(29)17-8-10-28(11-9-17)23(30)18-12-20(31-2)14-21(13-18)32-3/h4-7,12-14,17,24H,8-11,15H2,1-3H3. The number of halogens is 2. The molecule has 0 unspecified atom stereocenters. The third-order valence-corrected chi connectivity index (χ3v) is 5.67. The molecule has 0 bridgehead atoms. The maximum absolute atomic E-state index is 12.9. The van der Waals surface area contributed by atoms with Crippen molar-refractivity contribution in [3.8, 4) is 17.2 Å².